The second-order valence-corrected chi connectivity index (χ2v) is 17.7. The van der Waals surface area contributed by atoms with Crippen LogP contribution in [0.25, 0.3) is 0 Å². The predicted octanol–water partition coefficient (Wildman–Crippen LogP) is 7.60. The zero-order valence-corrected chi connectivity index (χ0v) is 37.3. The van der Waals surface area contributed by atoms with E-state index in [-0.39, 0.29) is 25.0 Å². The van der Waals surface area contributed by atoms with Crippen molar-refractivity contribution in [2.45, 2.75) is 223 Å². The third kappa shape index (κ3) is 24.6. The van der Waals surface area contributed by atoms with Gasteiger partial charge in [0.05, 0.1) is 18.8 Å². The fraction of sp³-hybridized carbons (Fsp3) is 0.822. The number of carbonyl (C=O) groups excluding carboxylic acids is 2. The maximum atomic E-state index is 12.8. The van der Waals surface area contributed by atoms with Gasteiger partial charge in [0.25, 0.3) is 0 Å². The maximum Gasteiger partial charge on any atom is 0.472 e. The van der Waals surface area contributed by atoms with Crippen LogP contribution in [-0.4, -0.2) is 111 Å². The molecule has 0 amide bonds. The topological polar surface area (TPSA) is 222 Å². The van der Waals surface area contributed by atoms with Gasteiger partial charge in [-0.3, -0.25) is 18.6 Å². The molecule has 0 radical (unpaired) electrons. The van der Waals surface area contributed by atoms with Gasteiger partial charge in [0.1, 0.15) is 43.2 Å². The summed E-state index contributed by atoms with van der Waals surface area (Å²) in [7, 11) is -5.14. The molecule has 1 heterocycles. The molecule has 348 valence electrons. The molecule has 15 heteroatoms. The lowest BCUT2D eigenvalue weighted by Gasteiger charge is -2.41. The van der Waals surface area contributed by atoms with Crippen LogP contribution in [0.3, 0.4) is 0 Å². The van der Waals surface area contributed by atoms with Crippen molar-refractivity contribution in [2.24, 2.45) is 0 Å². The lowest BCUT2D eigenvalue weighted by molar-refractivity contribution is -0.220. The third-order valence-corrected chi connectivity index (χ3v) is 11.9. The minimum Gasteiger partial charge on any atom is -0.462 e. The van der Waals surface area contributed by atoms with E-state index in [1.165, 1.54) is 77.0 Å². The first-order valence-corrected chi connectivity index (χ1v) is 24.4. The molecule has 6 N–H and O–H groups in total. The van der Waals surface area contributed by atoms with E-state index in [1.54, 1.807) is 0 Å². The van der Waals surface area contributed by atoms with Crippen LogP contribution in [0.1, 0.15) is 168 Å². The van der Waals surface area contributed by atoms with E-state index >= 15 is 0 Å². The number of epoxide rings is 1. The van der Waals surface area contributed by atoms with Gasteiger partial charge in [0.2, 0.25) is 0 Å². The number of rotatable bonds is 36. The number of phosphoric ester groups is 1. The third-order valence-electron chi connectivity index (χ3n) is 10.9. The number of aliphatic hydroxyl groups is 5. The second kappa shape index (κ2) is 32.7. The quantitative estimate of drug-likeness (QED) is 0.0117. The van der Waals surface area contributed by atoms with Gasteiger partial charge < -0.3 is 44.6 Å². The molecule has 0 aromatic carbocycles. The minimum atomic E-state index is -5.14. The number of hydrogen-bond acceptors (Lipinski definition) is 13. The summed E-state index contributed by atoms with van der Waals surface area (Å²) in [5.74, 6) is -1.17. The molecular formula is C45H79O14P. The summed E-state index contributed by atoms with van der Waals surface area (Å²) in [5, 5.41) is 50.2. The fourth-order valence-corrected chi connectivity index (χ4v) is 8.05. The smallest absolute Gasteiger partial charge is 0.462 e. The first-order valence-electron chi connectivity index (χ1n) is 22.9. The van der Waals surface area contributed by atoms with Crippen LogP contribution in [0.15, 0.2) is 36.5 Å². The molecule has 8 unspecified atom stereocenters. The Kier molecular flexibility index (Phi) is 29.5. The van der Waals surface area contributed by atoms with Crippen molar-refractivity contribution in [3.63, 3.8) is 0 Å². The molecule has 0 bridgehead atoms. The average Bonchev–Trinajstić information content (AvgIpc) is 3.98. The summed E-state index contributed by atoms with van der Waals surface area (Å²) in [4.78, 5) is 35.8. The lowest BCUT2D eigenvalue weighted by atomic mass is 9.85. The molecule has 60 heavy (non-hydrogen) atoms. The van der Waals surface area contributed by atoms with Gasteiger partial charge in [-0.2, -0.15) is 0 Å². The van der Waals surface area contributed by atoms with Gasteiger partial charge in [-0.1, -0.05) is 140 Å². The first kappa shape index (κ1) is 54.2. The van der Waals surface area contributed by atoms with E-state index < -0.39 is 75.7 Å². The summed E-state index contributed by atoms with van der Waals surface area (Å²) < 4.78 is 39.3. The van der Waals surface area contributed by atoms with E-state index in [1.807, 2.05) is 0 Å². The number of aliphatic hydroxyl groups excluding tert-OH is 5. The standard InChI is InChI=1S/C45H79O14P/c1-3-5-7-9-11-13-15-17-19-21-23-25-27-31-38(46)55-33-35(34-56-60(53,54)59-45-43(51)41(49)40(48)42(50)44(45)52)57-39(47)32-28-30-37-36(58-37)29-26-24-22-20-18-16-14-12-10-8-6-4-2/h12,14,18,20,24,26,35-37,40-45,48-52H,3-11,13,15-17,19,21-23,25,27-34H2,1-2H3,(H,53,54)/b14-12-,20-18-,26-24-. The highest BCUT2D eigenvalue weighted by Crippen LogP contribution is 2.47. The monoisotopic (exact) mass is 875 g/mol. The molecular weight excluding hydrogens is 795 g/mol. The largest absolute Gasteiger partial charge is 0.472 e. The van der Waals surface area contributed by atoms with Crippen LogP contribution < -0.4 is 0 Å². The van der Waals surface area contributed by atoms with E-state index in [2.05, 4.69) is 50.3 Å². The van der Waals surface area contributed by atoms with Gasteiger partial charge >= 0.3 is 19.8 Å². The molecule has 0 aromatic heterocycles. The van der Waals surface area contributed by atoms with Gasteiger partial charge in [0.15, 0.2) is 6.10 Å². The molecule has 1 aliphatic heterocycles. The SMILES string of the molecule is CCCCC/C=C\C/C=C\C/C=C\CC1OC1CCCC(=O)OC(COC(=O)CCCCCCCCCCCCCCC)COP(=O)(O)OC1C(O)C(O)C(O)C(O)C1O. The van der Waals surface area contributed by atoms with E-state index in [0.717, 1.165) is 44.9 Å². The Labute approximate surface area is 359 Å². The highest BCUT2D eigenvalue weighted by molar-refractivity contribution is 7.47. The zero-order valence-electron chi connectivity index (χ0n) is 36.4. The molecule has 2 fully saturated rings. The van der Waals surface area contributed by atoms with Crippen molar-refractivity contribution in [1.29, 1.82) is 0 Å². The zero-order chi connectivity index (χ0) is 44.0. The summed E-state index contributed by atoms with van der Waals surface area (Å²) in [5.41, 5.74) is 0. The number of hydrogen-bond donors (Lipinski definition) is 6. The highest BCUT2D eigenvalue weighted by atomic mass is 31.2. The van der Waals surface area contributed by atoms with Crippen molar-refractivity contribution in [1.82, 2.24) is 0 Å². The first-order chi connectivity index (χ1) is 28.9. The Bertz CT molecular complexity index is 1260. The normalized spacial score (nSPS) is 25.9. The molecule has 8 atom stereocenters. The summed E-state index contributed by atoms with van der Waals surface area (Å²) in [6.07, 6.45) is 23.6. The van der Waals surface area contributed by atoms with E-state index in [0.29, 0.717) is 19.3 Å². The van der Waals surface area contributed by atoms with Crippen LogP contribution in [0.5, 0.6) is 0 Å². The molecule has 1 saturated carbocycles. The molecule has 2 rings (SSSR count). The van der Waals surface area contributed by atoms with E-state index in [9.17, 15) is 44.6 Å². The molecule has 0 spiro atoms. The van der Waals surface area contributed by atoms with Gasteiger partial charge in [0, 0.05) is 12.8 Å². The highest BCUT2D eigenvalue weighted by Gasteiger charge is 2.51. The number of unbranched alkanes of at least 4 members (excludes halogenated alkanes) is 15. The summed E-state index contributed by atoms with van der Waals surface area (Å²) in [6.45, 7) is 3.20. The molecule has 1 aliphatic carbocycles. The van der Waals surface area contributed by atoms with Crippen LogP contribution in [0.4, 0.5) is 0 Å². The lowest BCUT2D eigenvalue weighted by Crippen LogP contribution is -2.64. The van der Waals surface area contributed by atoms with Crippen LogP contribution in [-0.2, 0) is 37.4 Å². The van der Waals surface area contributed by atoms with Crippen molar-refractivity contribution < 1.29 is 67.8 Å². The predicted molar refractivity (Wildman–Crippen MR) is 230 cm³/mol. The van der Waals surface area contributed by atoms with Crippen LogP contribution in [0.2, 0.25) is 0 Å². The Morgan fingerprint density at radius 1 is 0.600 bits per heavy atom. The number of ether oxygens (including phenoxy) is 3. The molecule has 0 aromatic rings. The van der Waals surface area contributed by atoms with Gasteiger partial charge in [-0.05, 0) is 51.4 Å². The summed E-state index contributed by atoms with van der Waals surface area (Å²) >= 11 is 0. The van der Waals surface area contributed by atoms with Crippen molar-refractivity contribution in [3.8, 4) is 0 Å². The average molecular weight is 875 g/mol. The number of esters is 2. The number of carbonyl (C=O) groups is 2. The van der Waals surface area contributed by atoms with Crippen LogP contribution >= 0.6 is 7.82 Å². The fourth-order valence-electron chi connectivity index (χ4n) is 7.08. The minimum absolute atomic E-state index is 0.00944. The maximum absolute atomic E-state index is 12.8. The van der Waals surface area contributed by atoms with Gasteiger partial charge in [-0.15, -0.1) is 0 Å². The van der Waals surface area contributed by atoms with E-state index in [4.69, 9.17) is 23.3 Å². The van der Waals surface area contributed by atoms with Crippen molar-refractivity contribution >= 4 is 19.8 Å². The van der Waals surface area contributed by atoms with Crippen molar-refractivity contribution in [3.05, 3.63) is 36.5 Å². The number of phosphoric acid groups is 1. The molecule has 14 nitrogen and oxygen atoms in total. The number of allylic oxidation sites excluding steroid dienone is 5. The Hall–Kier alpha value is -1.97. The Morgan fingerprint density at radius 3 is 1.70 bits per heavy atom. The molecule has 2 aliphatic rings. The Balaban J connectivity index is 1.75. The Morgan fingerprint density at radius 2 is 1.10 bits per heavy atom. The second-order valence-electron chi connectivity index (χ2n) is 16.3. The summed E-state index contributed by atoms with van der Waals surface area (Å²) in [6, 6.07) is 0. The van der Waals surface area contributed by atoms with Crippen molar-refractivity contribution in [2.75, 3.05) is 13.2 Å². The van der Waals surface area contributed by atoms with Crippen LogP contribution in [0, 0.1) is 0 Å². The molecule has 1 saturated heterocycles. The van der Waals surface area contributed by atoms with Gasteiger partial charge in [-0.25, -0.2) is 4.57 Å².